The number of anilines is 1. The Balaban J connectivity index is 1.78. The van der Waals surface area contributed by atoms with Crippen LogP contribution < -0.4 is 10.6 Å². The Labute approximate surface area is 110 Å². The minimum Gasteiger partial charge on any atom is -0.384 e. The van der Waals surface area contributed by atoms with Gasteiger partial charge in [0.05, 0.1) is 0 Å². The molecular weight excluding hydrogens is 220 g/mol. The fourth-order valence-electron chi connectivity index (χ4n) is 3.48. The smallest absolute Gasteiger partial charge is 0.0382 e. The van der Waals surface area contributed by atoms with Gasteiger partial charge in [-0.1, -0.05) is 38.8 Å². The maximum absolute atomic E-state index is 3.74. The van der Waals surface area contributed by atoms with E-state index in [2.05, 4.69) is 42.7 Å². The van der Waals surface area contributed by atoms with Crippen LogP contribution in [0.4, 0.5) is 5.69 Å². The average molecular weight is 244 g/mol. The average Bonchev–Trinajstić information content (AvgIpc) is 2.96. The summed E-state index contributed by atoms with van der Waals surface area (Å²) in [6, 6.07) is 7.43. The van der Waals surface area contributed by atoms with Gasteiger partial charge >= 0.3 is 0 Å². The first-order valence-corrected chi connectivity index (χ1v) is 7.26. The number of hydrogen-bond acceptors (Lipinski definition) is 2. The number of nitrogens with one attached hydrogen (secondary N) is 2. The van der Waals surface area contributed by atoms with Gasteiger partial charge in [-0.15, -0.1) is 0 Å². The number of hydrogen-bond donors (Lipinski definition) is 2. The Bertz CT molecular complexity index is 431. The Morgan fingerprint density at radius 1 is 1.28 bits per heavy atom. The minimum absolute atomic E-state index is 0.267. The highest BCUT2D eigenvalue weighted by molar-refractivity contribution is 5.62. The van der Waals surface area contributed by atoms with Crippen LogP contribution >= 0.6 is 0 Å². The Kier molecular flexibility index (Phi) is 3.06. The summed E-state index contributed by atoms with van der Waals surface area (Å²) < 4.78 is 0. The van der Waals surface area contributed by atoms with Crippen molar-refractivity contribution in [3.63, 3.8) is 0 Å². The van der Waals surface area contributed by atoms with Crippen LogP contribution in [-0.4, -0.2) is 12.6 Å². The molecule has 0 unspecified atom stereocenters. The molecule has 0 radical (unpaired) electrons. The summed E-state index contributed by atoms with van der Waals surface area (Å²) >= 11 is 0. The molecule has 0 atom stereocenters. The van der Waals surface area contributed by atoms with Gasteiger partial charge in [-0.2, -0.15) is 0 Å². The highest BCUT2D eigenvalue weighted by atomic mass is 14.9. The quantitative estimate of drug-likeness (QED) is 0.851. The Morgan fingerprint density at radius 3 is 2.83 bits per heavy atom. The van der Waals surface area contributed by atoms with Gasteiger partial charge in [-0.05, 0) is 30.0 Å². The van der Waals surface area contributed by atoms with Crippen molar-refractivity contribution < 1.29 is 0 Å². The lowest BCUT2D eigenvalue weighted by Gasteiger charge is -2.22. The van der Waals surface area contributed by atoms with Crippen molar-refractivity contribution in [1.82, 2.24) is 5.32 Å². The minimum atomic E-state index is 0.267. The van der Waals surface area contributed by atoms with Gasteiger partial charge in [0.2, 0.25) is 0 Å². The summed E-state index contributed by atoms with van der Waals surface area (Å²) in [5.41, 5.74) is 4.61. The predicted molar refractivity (Wildman–Crippen MR) is 77.1 cm³/mol. The Hall–Kier alpha value is -1.02. The van der Waals surface area contributed by atoms with Gasteiger partial charge in [0.15, 0.2) is 0 Å². The first-order valence-electron chi connectivity index (χ1n) is 7.26. The lowest BCUT2D eigenvalue weighted by molar-refractivity contribution is 0.514. The lowest BCUT2D eigenvalue weighted by Crippen LogP contribution is -2.27. The van der Waals surface area contributed by atoms with E-state index in [0.29, 0.717) is 0 Å². The standard InChI is InChI=1S/C16H24N2/c1-16(2)11-18-14-9-5-6-12(15(14)16)10-17-13-7-3-4-8-13/h5-6,9,13,17-18H,3-4,7-8,10-11H2,1-2H3. The third-order valence-corrected chi connectivity index (χ3v) is 4.48. The summed E-state index contributed by atoms with van der Waals surface area (Å²) in [6.45, 7) is 6.76. The molecular formula is C16H24N2. The molecule has 0 amide bonds. The highest BCUT2D eigenvalue weighted by Gasteiger charge is 2.31. The van der Waals surface area contributed by atoms with Crippen LogP contribution in [0.3, 0.4) is 0 Å². The second-order valence-electron chi connectivity index (χ2n) is 6.44. The van der Waals surface area contributed by atoms with Gasteiger partial charge in [0.1, 0.15) is 0 Å². The maximum atomic E-state index is 3.74. The topological polar surface area (TPSA) is 24.1 Å². The van der Waals surface area contributed by atoms with Crippen LogP contribution in [0.5, 0.6) is 0 Å². The number of benzene rings is 1. The van der Waals surface area contributed by atoms with Crippen LogP contribution in [-0.2, 0) is 12.0 Å². The van der Waals surface area contributed by atoms with Gasteiger partial charge in [0, 0.05) is 30.2 Å². The molecule has 2 heteroatoms. The molecule has 2 N–H and O–H groups in total. The second kappa shape index (κ2) is 4.58. The largest absolute Gasteiger partial charge is 0.384 e. The van der Waals surface area contributed by atoms with Crippen LogP contribution in [0.25, 0.3) is 0 Å². The molecule has 1 aliphatic heterocycles. The second-order valence-corrected chi connectivity index (χ2v) is 6.44. The van der Waals surface area contributed by atoms with E-state index in [4.69, 9.17) is 0 Å². The normalized spacial score (nSPS) is 21.9. The van der Waals surface area contributed by atoms with Crippen molar-refractivity contribution in [1.29, 1.82) is 0 Å². The Morgan fingerprint density at radius 2 is 2.06 bits per heavy atom. The van der Waals surface area contributed by atoms with Gasteiger partial charge in [-0.3, -0.25) is 0 Å². The number of fused-ring (bicyclic) bond motifs is 1. The van der Waals surface area contributed by atoms with Crippen molar-refractivity contribution in [3.05, 3.63) is 29.3 Å². The van der Waals surface area contributed by atoms with E-state index in [9.17, 15) is 0 Å². The SMILES string of the molecule is CC1(C)CNc2cccc(CNC3CCCC3)c21. The van der Waals surface area contributed by atoms with E-state index in [1.807, 2.05) is 0 Å². The first-order chi connectivity index (χ1) is 8.67. The van der Waals surface area contributed by atoms with Crippen LogP contribution in [0.15, 0.2) is 18.2 Å². The van der Waals surface area contributed by atoms with Crippen molar-refractivity contribution in [2.75, 3.05) is 11.9 Å². The zero-order valence-electron chi connectivity index (χ0n) is 11.6. The molecule has 2 aliphatic rings. The van der Waals surface area contributed by atoms with Crippen LogP contribution in [0.1, 0.15) is 50.7 Å². The van der Waals surface area contributed by atoms with E-state index in [1.54, 1.807) is 0 Å². The van der Waals surface area contributed by atoms with Crippen LogP contribution in [0, 0.1) is 0 Å². The molecule has 18 heavy (non-hydrogen) atoms. The van der Waals surface area contributed by atoms with Gasteiger partial charge in [-0.25, -0.2) is 0 Å². The summed E-state index contributed by atoms with van der Waals surface area (Å²) in [7, 11) is 0. The predicted octanol–water partition coefficient (Wildman–Crippen LogP) is 3.42. The zero-order chi connectivity index (χ0) is 12.6. The van der Waals surface area contributed by atoms with E-state index in [0.717, 1.165) is 19.1 Å². The van der Waals surface area contributed by atoms with Gasteiger partial charge in [0.25, 0.3) is 0 Å². The third-order valence-electron chi connectivity index (χ3n) is 4.48. The summed E-state index contributed by atoms with van der Waals surface area (Å²) in [5.74, 6) is 0. The monoisotopic (exact) mass is 244 g/mol. The summed E-state index contributed by atoms with van der Waals surface area (Å²) in [4.78, 5) is 0. The molecule has 1 saturated carbocycles. The van der Waals surface area contributed by atoms with E-state index >= 15 is 0 Å². The molecule has 1 heterocycles. The molecule has 0 saturated heterocycles. The van der Waals surface area contributed by atoms with E-state index in [1.165, 1.54) is 42.5 Å². The maximum Gasteiger partial charge on any atom is 0.0382 e. The van der Waals surface area contributed by atoms with Gasteiger partial charge < -0.3 is 10.6 Å². The van der Waals surface area contributed by atoms with Crippen molar-refractivity contribution in [2.45, 2.75) is 57.5 Å². The van der Waals surface area contributed by atoms with Crippen LogP contribution in [0.2, 0.25) is 0 Å². The van der Waals surface area contributed by atoms with E-state index in [-0.39, 0.29) is 5.41 Å². The molecule has 0 spiro atoms. The fourth-order valence-corrected chi connectivity index (χ4v) is 3.48. The van der Waals surface area contributed by atoms with Crippen molar-refractivity contribution in [2.24, 2.45) is 0 Å². The molecule has 1 fully saturated rings. The molecule has 3 rings (SSSR count). The summed E-state index contributed by atoms with van der Waals surface area (Å²) in [5, 5.41) is 7.27. The summed E-state index contributed by atoms with van der Waals surface area (Å²) in [6.07, 6.45) is 5.52. The number of rotatable bonds is 3. The first kappa shape index (κ1) is 12.0. The molecule has 1 aliphatic carbocycles. The molecule has 0 aromatic heterocycles. The lowest BCUT2D eigenvalue weighted by atomic mass is 9.83. The fraction of sp³-hybridized carbons (Fsp3) is 0.625. The van der Waals surface area contributed by atoms with E-state index < -0.39 is 0 Å². The molecule has 2 nitrogen and oxygen atoms in total. The third kappa shape index (κ3) is 2.14. The molecule has 1 aromatic rings. The van der Waals surface area contributed by atoms with Crippen molar-refractivity contribution >= 4 is 5.69 Å². The highest BCUT2D eigenvalue weighted by Crippen LogP contribution is 2.38. The van der Waals surface area contributed by atoms with Crippen molar-refractivity contribution in [3.8, 4) is 0 Å². The zero-order valence-corrected chi connectivity index (χ0v) is 11.6. The molecule has 0 bridgehead atoms. The molecule has 1 aromatic carbocycles. The molecule has 98 valence electrons.